The lowest BCUT2D eigenvalue weighted by molar-refractivity contribution is 0.0527. The van der Waals surface area contributed by atoms with Crippen molar-refractivity contribution in [2.45, 2.75) is 13.8 Å². The summed E-state index contributed by atoms with van der Waals surface area (Å²) in [6, 6.07) is 8.03. The number of nitrogen functional groups attached to an aromatic ring is 1. The van der Waals surface area contributed by atoms with Crippen molar-refractivity contribution in [2.24, 2.45) is 0 Å². The molecule has 0 aliphatic rings. The number of rotatable bonds is 4. The highest BCUT2D eigenvalue weighted by Gasteiger charge is 2.21. The first-order valence-corrected chi connectivity index (χ1v) is 7.75. The van der Waals surface area contributed by atoms with Crippen molar-refractivity contribution < 1.29 is 13.9 Å². The van der Waals surface area contributed by atoms with Gasteiger partial charge >= 0.3 is 5.97 Å². The smallest absolute Gasteiger partial charge is 0.340 e. The summed E-state index contributed by atoms with van der Waals surface area (Å²) in [4.78, 5) is 23.3. The lowest BCUT2D eigenvalue weighted by Gasteiger charge is -2.06. The molecule has 3 rings (SSSR count). The Morgan fingerprint density at radius 3 is 2.80 bits per heavy atom. The van der Waals surface area contributed by atoms with Crippen molar-refractivity contribution in [3.63, 3.8) is 0 Å². The van der Waals surface area contributed by atoms with Crippen LogP contribution in [0.4, 0.5) is 10.3 Å². The Bertz CT molecular complexity index is 937. The molecule has 0 spiro atoms. The first kappa shape index (κ1) is 16.6. The van der Waals surface area contributed by atoms with E-state index in [9.17, 15) is 9.18 Å². The summed E-state index contributed by atoms with van der Waals surface area (Å²) in [5.41, 5.74) is 8.27. The second kappa shape index (κ2) is 6.72. The molecule has 0 unspecified atom stereocenters. The second-order valence-corrected chi connectivity index (χ2v) is 5.48. The van der Waals surface area contributed by atoms with Crippen LogP contribution in [-0.4, -0.2) is 27.5 Å². The van der Waals surface area contributed by atoms with Crippen LogP contribution in [-0.2, 0) is 4.74 Å². The molecule has 3 aromatic rings. The number of nitrogens with zero attached hydrogens (tertiary/aromatic N) is 2. The van der Waals surface area contributed by atoms with E-state index >= 15 is 0 Å². The number of carbonyl (C=O) groups excluding carboxylic acids is 1. The largest absolute Gasteiger partial charge is 0.462 e. The molecule has 6 nitrogen and oxygen atoms in total. The van der Waals surface area contributed by atoms with E-state index in [4.69, 9.17) is 10.5 Å². The van der Waals surface area contributed by atoms with Gasteiger partial charge in [0.25, 0.3) is 0 Å². The summed E-state index contributed by atoms with van der Waals surface area (Å²) < 4.78 is 19.5. The lowest BCUT2D eigenvalue weighted by Crippen LogP contribution is -2.05. The van der Waals surface area contributed by atoms with Gasteiger partial charge in [-0.1, -0.05) is 6.07 Å². The van der Waals surface area contributed by atoms with Gasteiger partial charge in [-0.05, 0) is 43.7 Å². The molecule has 0 aliphatic heterocycles. The summed E-state index contributed by atoms with van der Waals surface area (Å²) in [7, 11) is 0. The van der Waals surface area contributed by atoms with E-state index in [1.54, 1.807) is 38.1 Å². The molecule has 0 atom stereocenters. The van der Waals surface area contributed by atoms with Gasteiger partial charge in [0.15, 0.2) is 0 Å². The molecule has 25 heavy (non-hydrogen) atoms. The predicted octanol–water partition coefficient (Wildman–Crippen LogP) is 3.35. The van der Waals surface area contributed by atoms with E-state index in [1.807, 2.05) is 0 Å². The Labute approximate surface area is 143 Å². The molecule has 0 fully saturated rings. The number of carbonyl (C=O) groups is 1. The van der Waals surface area contributed by atoms with Crippen LogP contribution in [0.3, 0.4) is 0 Å². The number of esters is 1. The highest BCUT2D eigenvalue weighted by Crippen LogP contribution is 2.31. The van der Waals surface area contributed by atoms with Gasteiger partial charge in [0.2, 0.25) is 5.95 Å². The standard InChI is InChI=1S/C18H17FN4O2/c1-3-25-17(24)12-9-15(14-6-7-21-18(20)23-14)22-16(12)11-5-4-10(2)8-13(11)19/h4-9,22H,3H2,1-2H3,(H2,20,21,23). The minimum absolute atomic E-state index is 0.104. The number of hydrogen-bond acceptors (Lipinski definition) is 5. The first-order chi connectivity index (χ1) is 12.0. The van der Waals surface area contributed by atoms with Crippen molar-refractivity contribution in [1.29, 1.82) is 0 Å². The third-order valence-corrected chi connectivity index (χ3v) is 3.66. The highest BCUT2D eigenvalue weighted by atomic mass is 19.1. The number of nitrogens with two attached hydrogens (primary N) is 1. The van der Waals surface area contributed by atoms with Gasteiger partial charge in [-0.3, -0.25) is 0 Å². The van der Waals surface area contributed by atoms with Crippen LogP contribution in [0, 0.1) is 12.7 Å². The van der Waals surface area contributed by atoms with Gasteiger partial charge in [-0.25, -0.2) is 19.2 Å². The molecule has 7 heteroatoms. The number of aromatic amines is 1. The van der Waals surface area contributed by atoms with Crippen molar-refractivity contribution in [2.75, 3.05) is 12.3 Å². The monoisotopic (exact) mass is 340 g/mol. The zero-order valence-corrected chi connectivity index (χ0v) is 13.8. The maximum atomic E-state index is 14.4. The van der Waals surface area contributed by atoms with E-state index in [0.717, 1.165) is 5.56 Å². The molecule has 2 heterocycles. The number of benzene rings is 1. The maximum absolute atomic E-state index is 14.4. The van der Waals surface area contributed by atoms with Crippen LogP contribution in [0.2, 0.25) is 0 Å². The first-order valence-electron chi connectivity index (χ1n) is 7.75. The molecule has 0 saturated heterocycles. The van der Waals surface area contributed by atoms with E-state index in [2.05, 4.69) is 15.0 Å². The van der Waals surface area contributed by atoms with Crippen molar-refractivity contribution in [1.82, 2.24) is 15.0 Å². The van der Waals surface area contributed by atoms with Crippen LogP contribution in [0.15, 0.2) is 36.5 Å². The third-order valence-electron chi connectivity index (χ3n) is 3.66. The summed E-state index contributed by atoms with van der Waals surface area (Å²) in [5, 5.41) is 0. The Kier molecular flexibility index (Phi) is 4.47. The van der Waals surface area contributed by atoms with Gasteiger partial charge in [-0.15, -0.1) is 0 Å². The number of anilines is 1. The van der Waals surface area contributed by atoms with Gasteiger partial charge in [0.1, 0.15) is 5.82 Å². The number of halogens is 1. The van der Waals surface area contributed by atoms with E-state index in [-0.39, 0.29) is 23.7 Å². The molecule has 3 N–H and O–H groups in total. The van der Waals surface area contributed by atoms with Gasteiger partial charge in [0.05, 0.1) is 29.3 Å². The van der Waals surface area contributed by atoms with Crippen molar-refractivity contribution >= 4 is 11.9 Å². The predicted molar refractivity (Wildman–Crippen MR) is 92.3 cm³/mol. The fraction of sp³-hybridized carbons (Fsp3) is 0.167. The molecule has 0 saturated carbocycles. The summed E-state index contributed by atoms with van der Waals surface area (Å²) in [6.45, 7) is 3.72. The van der Waals surface area contributed by atoms with Crippen LogP contribution in [0.5, 0.6) is 0 Å². The molecular formula is C18H17FN4O2. The normalized spacial score (nSPS) is 10.7. The Morgan fingerprint density at radius 1 is 1.32 bits per heavy atom. The zero-order valence-electron chi connectivity index (χ0n) is 13.8. The van der Waals surface area contributed by atoms with Gasteiger partial charge in [0, 0.05) is 11.8 Å². The fourth-order valence-corrected chi connectivity index (χ4v) is 2.52. The quantitative estimate of drug-likeness (QED) is 0.710. The molecule has 1 aromatic carbocycles. The summed E-state index contributed by atoms with van der Waals surface area (Å²) in [5.74, 6) is -0.865. The molecule has 2 aromatic heterocycles. The third kappa shape index (κ3) is 3.35. The van der Waals surface area contributed by atoms with E-state index in [0.29, 0.717) is 17.1 Å². The zero-order chi connectivity index (χ0) is 18.0. The number of aryl methyl sites for hydroxylation is 1. The summed E-state index contributed by atoms with van der Waals surface area (Å²) >= 11 is 0. The average molecular weight is 340 g/mol. The molecule has 0 aliphatic carbocycles. The van der Waals surface area contributed by atoms with E-state index < -0.39 is 11.8 Å². The Hall–Kier alpha value is -3.22. The molecular weight excluding hydrogens is 323 g/mol. The van der Waals surface area contributed by atoms with Crippen LogP contribution >= 0.6 is 0 Å². The minimum Gasteiger partial charge on any atom is -0.462 e. The number of aromatic nitrogens is 3. The van der Waals surface area contributed by atoms with Crippen molar-refractivity contribution in [3.05, 3.63) is 53.5 Å². The Morgan fingerprint density at radius 2 is 2.12 bits per heavy atom. The molecule has 0 radical (unpaired) electrons. The fourth-order valence-electron chi connectivity index (χ4n) is 2.52. The van der Waals surface area contributed by atoms with Gasteiger partial charge < -0.3 is 15.5 Å². The number of H-pyrrole nitrogens is 1. The summed E-state index contributed by atoms with van der Waals surface area (Å²) in [6.07, 6.45) is 1.51. The van der Waals surface area contributed by atoms with Crippen LogP contribution < -0.4 is 5.73 Å². The highest BCUT2D eigenvalue weighted by molar-refractivity contribution is 5.98. The average Bonchev–Trinajstić information content (AvgIpc) is 3.00. The lowest BCUT2D eigenvalue weighted by atomic mass is 10.1. The molecule has 0 bridgehead atoms. The Balaban J connectivity index is 2.17. The number of hydrogen-bond donors (Lipinski definition) is 2. The van der Waals surface area contributed by atoms with Crippen molar-refractivity contribution in [3.8, 4) is 22.6 Å². The topological polar surface area (TPSA) is 93.9 Å². The van der Waals surface area contributed by atoms with Crippen LogP contribution in [0.25, 0.3) is 22.6 Å². The van der Waals surface area contributed by atoms with E-state index in [1.165, 1.54) is 12.3 Å². The van der Waals surface area contributed by atoms with Crippen LogP contribution in [0.1, 0.15) is 22.8 Å². The maximum Gasteiger partial charge on any atom is 0.340 e. The SMILES string of the molecule is CCOC(=O)c1cc(-c2ccnc(N)n2)[nH]c1-c1ccc(C)cc1F. The number of ether oxygens (including phenoxy) is 1. The second-order valence-electron chi connectivity index (χ2n) is 5.48. The van der Waals surface area contributed by atoms with Gasteiger partial charge in [-0.2, -0.15) is 0 Å². The number of nitrogens with one attached hydrogen (secondary N) is 1. The minimum atomic E-state index is -0.540. The molecule has 128 valence electrons. The molecule has 0 amide bonds.